The zero-order valence-corrected chi connectivity index (χ0v) is 18.8. The molecule has 4 rings (SSSR count). The Bertz CT molecular complexity index is 1170. The van der Waals surface area contributed by atoms with Crippen LogP contribution in [0, 0.1) is 11.6 Å². The number of carbonyl (C=O) groups is 1. The molecule has 0 aliphatic carbocycles. The minimum absolute atomic E-state index is 0.0313. The van der Waals surface area contributed by atoms with Crippen LogP contribution in [0.2, 0.25) is 0 Å². The summed E-state index contributed by atoms with van der Waals surface area (Å²) >= 11 is 0. The number of nitrogens with zero attached hydrogens (tertiary/aromatic N) is 3. The Hall–Kier alpha value is -3.95. The molecule has 1 aromatic carbocycles. The SMILES string of the molecule is COc1cc(N2CCC(Oc3ccc(F)cc3F)CC2)c(NC(=O)c2cccnc2OC)cn1. The van der Waals surface area contributed by atoms with Gasteiger partial charge in [0.25, 0.3) is 5.91 Å². The van der Waals surface area contributed by atoms with Crippen LogP contribution < -0.4 is 24.4 Å². The van der Waals surface area contributed by atoms with Crippen LogP contribution in [-0.2, 0) is 0 Å². The Balaban J connectivity index is 1.49. The Labute approximate surface area is 195 Å². The lowest BCUT2D eigenvalue weighted by molar-refractivity contribution is 0.102. The van der Waals surface area contributed by atoms with Crippen molar-refractivity contribution < 1.29 is 27.8 Å². The zero-order valence-electron chi connectivity index (χ0n) is 18.8. The second kappa shape index (κ2) is 10.3. The predicted molar refractivity (Wildman–Crippen MR) is 122 cm³/mol. The molecule has 8 nitrogen and oxygen atoms in total. The van der Waals surface area contributed by atoms with E-state index in [2.05, 4.69) is 20.2 Å². The molecule has 0 bridgehead atoms. The number of piperidine rings is 1. The van der Waals surface area contributed by atoms with Crippen molar-refractivity contribution in [2.24, 2.45) is 0 Å². The number of ether oxygens (including phenoxy) is 3. The highest BCUT2D eigenvalue weighted by Crippen LogP contribution is 2.32. The van der Waals surface area contributed by atoms with Crippen molar-refractivity contribution in [3.05, 3.63) is 66.0 Å². The number of hydrogen-bond acceptors (Lipinski definition) is 7. The van der Waals surface area contributed by atoms with E-state index in [1.54, 1.807) is 24.4 Å². The standard InChI is InChI=1S/C24H24F2N4O4/c1-32-22-13-20(19(14-28-22)29-23(31)17-4-3-9-27-24(17)33-2)30-10-7-16(8-11-30)34-21-6-5-15(25)12-18(21)26/h3-6,9,12-14,16H,7-8,10-11H2,1-2H3,(H,29,31). The highest BCUT2D eigenvalue weighted by Gasteiger charge is 2.25. The van der Waals surface area contributed by atoms with Gasteiger partial charge >= 0.3 is 0 Å². The summed E-state index contributed by atoms with van der Waals surface area (Å²) in [5.41, 5.74) is 1.52. The number of aromatic nitrogens is 2. The van der Waals surface area contributed by atoms with Gasteiger partial charge in [0.15, 0.2) is 11.6 Å². The van der Waals surface area contributed by atoms with E-state index in [1.807, 2.05) is 0 Å². The summed E-state index contributed by atoms with van der Waals surface area (Å²) in [5, 5.41) is 2.88. The first-order valence-corrected chi connectivity index (χ1v) is 10.7. The number of hydrogen-bond donors (Lipinski definition) is 1. The normalized spacial score (nSPS) is 13.9. The smallest absolute Gasteiger partial charge is 0.261 e. The topological polar surface area (TPSA) is 85.8 Å². The Kier molecular flexibility index (Phi) is 7.05. The van der Waals surface area contributed by atoms with Crippen LogP contribution in [0.15, 0.2) is 48.8 Å². The van der Waals surface area contributed by atoms with E-state index < -0.39 is 11.6 Å². The van der Waals surface area contributed by atoms with Crippen molar-refractivity contribution >= 4 is 17.3 Å². The molecule has 0 radical (unpaired) electrons. The Morgan fingerprint density at radius 3 is 2.59 bits per heavy atom. The molecule has 3 heterocycles. The minimum Gasteiger partial charge on any atom is -0.487 e. The molecule has 1 N–H and O–H groups in total. The molecule has 178 valence electrons. The maximum absolute atomic E-state index is 13.9. The van der Waals surface area contributed by atoms with Crippen LogP contribution in [0.25, 0.3) is 0 Å². The van der Waals surface area contributed by atoms with Crippen LogP contribution >= 0.6 is 0 Å². The van der Waals surface area contributed by atoms with Gasteiger partial charge in [0.1, 0.15) is 17.5 Å². The lowest BCUT2D eigenvalue weighted by Crippen LogP contribution is -2.39. The summed E-state index contributed by atoms with van der Waals surface area (Å²) in [6.07, 6.45) is 4.06. The number of rotatable bonds is 7. The van der Waals surface area contributed by atoms with Gasteiger partial charge < -0.3 is 24.4 Å². The van der Waals surface area contributed by atoms with Crippen molar-refractivity contribution in [3.63, 3.8) is 0 Å². The minimum atomic E-state index is -0.725. The van der Waals surface area contributed by atoms with Gasteiger partial charge in [-0.05, 0) is 24.3 Å². The van der Waals surface area contributed by atoms with E-state index in [9.17, 15) is 13.6 Å². The van der Waals surface area contributed by atoms with Crippen molar-refractivity contribution in [2.75, 3.05) is 37.5 Å². The van der Waals surface area contributed by atoms with Gasteiger partial charge in [-0.2, -0.15) is 0 Å². The largest absolute Gasteiger partial charge is 0.487 e. The third-order valence-corrected chi connectivity index (χ3v) is 5.49. The average Bonchev–Trinajstić information content (AvgIpc) is 2.86. The predicted octanol–water partition coefficient (Wildman–Crippen LogP) is 4.07. The molecule has 1 aliphatic heterocycles. The first-order chi connectivity index (χ1) is 16.5. The second-order valence-corrected chi connectivity index (χ2v) is 7.64. The number of amides is 1. The van der Waals surface area contributed by atoms with E-state index in [0.29, 0.717) is 43.1 Å². The summed E-state index contributed by atoms with van der Waals surface area (Å²) in [6, 6.07) is 8.29. The summed E-state index contributed by atoms with van der Waals surface area (Å²) in [6.45, 7) is 1.17. The third-order valence-electron chi connectivity index (χ3n) is 5.49. The molecule has 0 atom stereocenters. The van der Waals surface area contributed by atoms with E-state index in [1.165, 1.54) is 32.5 Å². The molecule has 1 saturated heterocycles. The van der Waals surface area contributed by atoms with Gasteiger partial charge in [0.2, 0.25) is 11.8 Å². The maximum Gasteiger partial charge on any atom is 0.261 e. The lowest BCUT2D eigenvalue weighted by Gasteiger charge is -2.34. The highest BCUT2D eigenvalue weighted by molar-refractivity contribution is 6.07. The summed E-state index contributed by atoms with van der Waals surface area (Å²) in [4.78, 5) is 23.3. The fraction of sp³-hybridized carbons (Fsp3) is 0.292. The summed E-state index contributed by atoms with van der Waals surface area (Å²) < 4.78 is 43.3. The first-order valence-electron chi connectivity index (χ1n) is 10.7. The fourth-order valence-electron chi connectivity index (χ4n) is 3.78. The number of benzene rings is 1. The van der Waals surface area contributed by atoms with Crippen molar-refractivity contribution in [1.82, 2.24) is 9.97 Å². The third kappa shape index (κ3) is 5.16. The molecule has 0 saturated carbocycles. The zero-order chi connectivity index (χ0) is 24.1. The van der Waals surface area contributed by atoms with E-state index in [4.69, 9.17) is 14.2 Å². The van der Waals surface area contributed by atoms with E-state index in [-0.39, 0.29) is 23.6 Å². The van der Waals surface area contributed by atoms with Crippen molar-refractivity contribution in [3.8, 4) is 17.5 Å². The molecule has 1 fully saturated rings. The number of nitrogens with one attached hydrogen (secondary N) is 1. The van der Waals surface area contributed by atoms with E-state index >= 15 is 0 Å². The summed E-state index contributed by atoms with van der Waals surface area (Å²) in [5.74, 6) is -1.11. The second-order valence-electron chi connectivity index (χ2n) is 7.64. The van der Waals surface area contributed by atoms with Gasteiger partial charge in [0, 0.05) is 44.3 Å². The maximum atomic E-state index is 13.9. The molecular weight excluding hydrogens is 446 g/mol. The molecular formula is C24H24F2N4O4. The van der Waals surface area contributed by atoms with Gasteiger partial charge in [0.05, 0.1) is 31.8 Å². The fourth-order valence-corrected chi connectivity index (χ4v) is 3.78. The molecule has 0 spiro atoms. The molecule has 10 heteroatoms. The number of pyridine rings is 2. The first kappa shape index (κ1) is 23.2. The van der Waals surface area contributed by atoms with Crippen LogP contribution in [0.3, 0.4) is 0 Å². The molecule has 1 amide bonds. The summed E-state index contributed by atoms with van der Waals surface area (Å²) in [7, 11) is 2.96. The van der Waals surface area contributed by atoms with Gasteiger partial charge in [-0.15, -0.1) is 0 Å². The van der Waals surface area contributed by atoms with Crippen LogP contribution in [0.4, 0.5) is 20.2 Å². The van der Waals surface area contributed by atoms with E-state index in [0.717, 1.165) is 11.8 Å². The number of halogens is 2. The Morgan fingerprint density at radius 2 is 1.88 bits per heavy atom. The van der Waals surface area contributed by atoms with Crippen LogP contribution in [-0.4, -0.2) is 49.3 Å². The average molecular weight is 470 g/mol. The van der Waals surface area contributed by atoms with Crippen LogP contribution in [0.5, 0.6) is 17.5 Å². The monoisotopic (exact) mass is 470 g/mol. The number of carbonyl (C=O) groups excluding carboxylic acids is 1. The molecule has 1 aliphatic rings. The van der Waals surface area contributed by atoms with Gasteiger partial charge in [-0.25, -0.2) is 18.7 Å². The molecule has 3 aromatic rings. The molecule has 2 aromatic heterocycles. The highest BCUT2D eigenvalue weighted by atomic mass is 19.1. The Morgan fingerprint density at radius 1 is 1.09 bits per heavy atom. The van der Waals surface area contributed by atoms with Gasteiger partial charge in [-0.1, -0.05) is 0 Å². The van der Waals surface area contributed by atoms with Crippen LogP contribution in [0.1, 0.15) is 23.2 Å². The van der Waals surface area contributed by atoms with Crippen molar-refractivity contribution in [2.45, 2.75) is 18.9 Å². The molecule has 34 heavy (non-hydrogen) atoms. The van der Waals surface area contributed by atoms with Gasteiger partial charge in [-0.3, -0.25) is 4.79 Å². The van der Waals surface area contributed by atoms with Crippen molar-refractivity contribution in [1.29, 1.82) is 0 Å². The quantitative estimate of drug-likeness (QED) is 0.557. The lowest BCUT2D eigenvalue weighted by atomic mass is 10.1. The molecule has 0 unspecified atom stereocenters. The number of anilines is 2. The number of methoxy groups -OCH3 is 2.